The summed E-state index contributed by atoms with van der Waals surface area (Å²) in [5, 5.41) is 44.8. The molecular formula is C48H74N2O12. The molecular weight excluding hydrogens is 797 g/mol. The van der Waals surface area contributed by atoms with Gasteiger partial charge in [0, 0.05) is 63.9 Å². The number of Topliss-reactive ketones (excluding diaryl/α,β-unsaturated/α-hetero) is 2. The van der Waals surface area contributed by atoms with Gasteiger partial charge in [0.05, 0.1) is 30.5 Å². The molecule has 0 radical (unpaired) electrons. The van der Waals surface area contributed by atoms with Crippen LogP contribution < -0.4 is 0 Å². The summed E-state index contributed by atoms with van der Waals surface area (Å²) in [6, 6.07) is 4.55. The van der Waals surface area contributed by atoms with Crippen molar-refractivity contribution in [2.75, 3.05) is 27.9 Å². The van der Waals surface area contributed by atoms with E-state index in [4.69, 9.17) is 18.9 Å². The molecule has 11 atom stereocenters. The number of carbonyl (C=O) groups excluding carboxylic acids is 4. The molecule has 4 rings (SSSR count). The minimum atomic E-state index is -3.03. The number of aliphatic hydroxyl groups is 4. The van der Waals surface area contributed by atoms with Crippen LogP contribution in [0.3, 0.4) is 0 Å². The first-order chi connectivity index (χ1) is 29.5. The van der Waals surface area contributed by atoms with Gasteiger partial charge in [0.15, 0.2) is 0 Å². The van der Waals surface area contributed by atoms with Gasteiger partial charge in [0.25, 0.3) is 11.7 Å². The number of ketones is 2. The molecule has 1 saturated carbocycles. The lowest BCUT2D eigenvalue weighted by atomic mass is 9.81. The van der Waals surface area contributed by atoms with Gasteiger partial charge in [-0.15, -0.1) is 0 Å². The predicted octanol–water partition coefficient (Wildman–Crippen LogP) is 5.22. The Hall–Kier alpha value is -3.37. The van der Waals surface area contributed by atoms with Crippen molar-refractivity contribution in [3.63, 3.8) is 0 Å². The second-order valence-electron chi connectivity index (χ2n) is 18.2. The highest BCUT2D eigenvalue weighted by Crippen LogP contribution is 2.33. The van der Waals surface area contributed by atoms with Gasteiger partial charge in [0.1, 0.15) is 17.9 Å². The van der Waals surface area contributed by atoms with E-state index < -0.39 is 71.7 Å². The standard InChI is InChI=1S/C48H74N2O12/c1-30-24-35(14-12-16-36-15-8-10-22-49-36)42(53)29-41(52)33(4)44(31(2)26-34-20-21-40(51)43(28-34)61-7)62-47(56)39-19-9-11-23-50(39)46(55)45(54)48(57,58)32(3)27-38(60-6)18-13-17-37(25-30)59-5/h8,10,15,22,24,26,32-35,37-41,43-44,51-52,57-58H,9,11-14,16-21,23,25,27-29H2,1-7H3/b30-24+,31-26+/t32-,33-,34+,35-,37-,38-,39+,40-,41+,43-,44-/m1/s1. The molecule has 14 nitrogen and oxygen atoms in total. The fraction of sp³-hybridized carbons (Fsp3) is 0.729. The quantitative estimate of drug-likeness (QED) is 0.109. The van der Waals surface area contributed by atoms with Crippen LogP contribution in [-0.4, -0.2) is 130 Å². The molecule has 4 N–H and O–H groups in total. The molecule has 1 amide bonds. The second-order valence-corrected chi connectivity index (χ2v) is 18.2. The van der Waals surface area contributed by atoms with Crippen molar-refractivity contribution in [2.24, 2.45) is 23.7 Å². The first-order valence-corrected chi connectivity index (χ1v) is 22.7. The highest BCUT2D eigenvalue weighted by molar-refractivity contribution is 6.39. The Morgan fingerprint density at radius 3 is 2.31 bits per heavy atom. The van der Waals surface area contributed by atoms with Crippen molar-refractivity contribution in [1.82, 2.24) is 9.88 Å². The number of rotatable bonds is 9. The number of allylic oxidation sites excluding steroid dienone is 2. The molecule has 14 heteroatoms. The summed E-state index contributed by atoms with van der Waals surface area (Å²) >= 11 is 0. The number of methoxy groups -OCH3 is 3. The van der Waals surface area contributed by atoms with Crippen LogP contribution in [-0.2, 0) is 44.5 Å². The number of nitrogens with zero attached hydrogens (tertiary/aromatic N) is 2. The molecule has 62 heavy (non-hydrogen) atoms. The summed E-state index contributed by atoms with van der Waals surface area (Å²) in [6.07, 6.45) is 8.92. The highest BCUT2D eigenvalue weighted by Gasteiger charge is 2.48. The van der Waals surface area contributed by atoms with E-state index in [9.17, 15) is 39.6 Å². The average Bonchev–Trinajstić information content (AvgIpc) is 3.26. The van der Waals surface area contributed by atoms with Gasteiger partial charge in [-0.1, -0.05) is 37.6 Å². The maximum atomic E-state index is 14.3. The van der Waals surface area contributed by atoms with Crippen LogP contribution in [0.15, 0.2) is 47.7 Å². The van der Waals surface area contributed by atoms with E-state index in [2.05, 4.69) is 4.98 Å². The zero-order valence-electron chi connectivity index (χ0n) is 38.1. The first-order valence-electron chi connectivity index (χ1n) is 22.7. The number of carbonyl (C=O) groups is 4. The van der Waals surface area contributed by atoms with E-state index in [1.54, 1.807) is 34.3 Å². The Morgan fingerprint density at radius 2 is 1.63 bits per heavy atom. The molecule has 3 aliphatic rings. The Balaban J connectivity index is 1.72. The maximum absolute atomic E-state index is 14.3. The van der Waals surface area contributed by atoms with Crippen LogP contribution in [0.1, 0.15) is 123 Å². The molecule has 0 spiro atoms. The lowest BCUT2D eigenvalue weighted by molar-refractivity contribution is -0.208. The number of amides is 1. The van der Waals surface area contributed by atoms with Crippen LogP contribution in [0.2, 0.25) is 0 Å². The number of aryl methyl sites for hydroxylation is 1. The molecule has 2 fully saturated rings. The third-order valence-electron chi connectivity index (χ3n) is 13.5. The van der Waals surface area contributed by atoms with E-state index in [1.165, 1.54) is 14.0 Å². The van der Waals surface area contributed by atoms with Gasteiger partial charge in [-0.05, 0) is 127 Å². The number of aliphatic hydroxyl groups excluding tert-OH is 2. The van der Waals surface area contributed by atoms with Gasteiger partial charge in [-0.2, -0.15) is 0 Å². The number of fused-ring (bicyclic) bond motifs is 1. The van der Waals surface area contributed by atoms with E-state index >= 15 is 0 Å². The lowest BCUT2D eigenvalue weighted by Crippen LogP contribution is -2.58. The number of piperidine rings is 1. The summed E-state index contributed by atoms with van der Waals surface area (Å²) in [5.41, 5.74) is 2.52. The minimum absolute atomic E-state index is 0.0276. The van der Waals surface area contributed by atoms with Gasteiger partial charge in [-0.25, -0.2) is 4.79 Å². The topological polar surface area (TPSA) is 202 Å². The van der Waals surface area contributed by atoms with Crippen LogP contribution >= 0.6 is 0 Å². The number of esters is 1. The highest BCUT2D eigenvalue weighted by atomic mass is 16.5. The third kappa shape index (κ3) is 14.3. The Kier molecular flexibility index (Phi) is 20.4. The molecule has 3 heterocycles. The summed E-state index contributed by atoms with van der Waals surface area (Å²) in [4.78, 5) is 61.7. The van der Waals surface area contributed by atoms with Crippen LogP contribution in [0.25, 0.3) is 0 Å². The molecule has 1 aromatic rings. The van der Waals surface area contributed by atoms with Crippen molar-refractivity contribution in [3.8, 4) is 0 Å². The molecule has 2 aliphatic heterocycles. The van der Waals surface area contributed by atoms with Gasteiger partial charge < -0.3 is 44.3 Å². The third-order valence-corrected chi connectivity index (χ3v) is 13.5. The fourth-order valence-corrected chi connectivity index (χ4v) is 9.43. The molecule has 1 aliphatic carbocycles. The Morgan fingerprint density at radius 1 is 0.903 bits per heavy atom. The molecule has 1 aromatic heterocycles. The minimum Gasteiger partial charge on any atom is -0.456 e. The zero-order chi connectivity index (χ0) is 45.6. The summed E-state index contributed by atoms with van der Waals surface area (Å²) in [6.45, 7) is 7.01. The second kappa shape index (κ2) is 24.6. The molecule has 0 bridgehead atoms. The molecule has 1 saturated heterocycles. The van der Waals surface area contributed by atoms with Crippen LogP contribution in [0, 0.1) is 23.7 Å². The normalized spacial score (nSPS) is 34.2. The number of hydrogen-bond donors (Lipinski definition) is 4. The van der Waals surface area contributed by atoms with Crippen molar-refractivity contribution < 1.29 is 58.6 Å². The van der Waals surface area contributed by atoms with E-state index in [1.807, 2.05) is 37.3 Å². The van der Waals surface area contributed by atoms with Crippen LogP contribution in [0.5, 0.6) is 0 Å². The molecule has 348 valence electrons. The Labute approximate surface area is 368 Å². The molecule has 0 aromatic carbocycles. The smallest absolute Gasteiger partial charge is 0.329 e. The van der Waals surface area contributed by atoms with Crippen molar-refractivity contribution in [1.29, 1.82) is 0 Å². The lowest BCUT2D eigenvalue weighted by Gasteiger charge is -2.38. The SMILES string of the molecule is CO[C@@H]1CCC[C@@H](OC)C[C@@H](C)C(O)(O)C(=O)C(=O)N2CCCC[C@H]2C(=O)O[C@H](/C(C)=C/[C@@H]2CC[C@@H](O)[C@H](OC)C2)[C@H](C)[C@@H](O)CC(=O)[C@H](CCCc2ccccn2)/C=C(\C)C1. The summed E-state index contributed by atoms with van der Waals surface area (Å²) < 4.78 is 23.4. The summed E-state index contributed by atoms with van der Waals surface area (Å²) in [7, 11) is 4.71. The fourth-order valence-electron chi connectivity index (χ4n) is 9.43. The Bertz CT molecular complexity index is 1670. The summed E-state index contributed by atoms with van der Waals surface area (Å²) in [5.74, 6) is -9.01. The van der Waals surface area contributed by atoms with Gasteiger partial charge >= 0.3 is 5.97 Å². The monoisotopic (exact) mass is 871 g/mol. The average molecular weight is 871 g/mol. The number of aromatic nitrogens is 1. The van der Waals surface area contributed by atoms with Gasteiger partial charge in [0.2, 0.25) is 5.79 Å². The number of hydrogen-bond acceptors (Lipinski definition) is 13. The van der Waals surface area contributed by atoms with Crippen molar-refractivity contribution in [3.05, 3.63) is 53.4 Å². The predicted molar refractivity (Wildman–Crippen MR) is 232 cm³/mol. The number of ether oxygens (including phenoxy) is 4. The molecule has 0 unspecified atom stereocenters. The van der Waals surface area contributed by atoms with Crippen molar-refractivity contribution in [2.45, 2.75) is 172 Å². The van der Waals surface area contributed by atoms with E-state index in [-0.39, 0.29) is 49.7 Å². The number of pyridine rings is 1. The van der Waals surface area contributed by atoms with Gasteiger partial charge in [-0.3, -0.25) is 19.4 Å². The maximum Gasteiger partial charge on any atom is 0.329 e. The van der Waals surface area contributed by atoms with Crippen molar-refractivity contribution >= 4 is 23.4 Å². The van der Waals surface area contributed by atoms with E-state index in [0.717, 1.165) is 16.2 Å². The zero-order valence-corrected chi connectivity index (χ0v) is 38.1. The largest absolute Gasteiger partial charge is 0.456 e. The first kappa shape index (κ1) is 51.3. The number of cyclic esters (lactones) is 1. The van der Waals surface area contributed by atoms with Crippen LogP contribution in [0.4, 0.5) is 0 Å². The van der Waals surface area contributed by atoms with E-state index in [0.29, 0.717) is 82.6 Å².